The number of hydrogen-bond acceptors (Lipinski definition) is 4. The van der Waals surface area contributed by atoms with Crippen LogP contribution >= 0.6 is 0 Å². The molecule has 0 atom stereocenters. The summed E-state index contributed by atoms with van der Waals surface area (Å²) in [6.07, 6.45) is 0. The van der Waals surface area contributed by atoms with Crippen molar-refractivity contribution in [2.75, 3.05) is 6.61 Å². The second-order valence-corrected chi connectivity index (χ2v) is 7.72. The molecule has 148 valence electrons. The molecule has 1 aliphatic heterocycles. The van der Waals surface area contributed by atoms with Gasteiger partial charge in [0.15, 0.2) is 0 Å². The van der Waals surface area contributed by atoms with Gasteiger partial charge in [-0.1, -0.05) is 60.7 Å². The quantitative estimate of drug-likeness (QED) is 0.545. The van der Waals surface area contributed by atoms with E-state index in [2.05, 4.69) is 13.8 Å². The van der Waals surface area contributed by atoms with Gasteiger partial charge in [0.1, 0.15) is 31.3 Å². The molecule has 0 spiro atoms. The van der Waals surface area contributed by atoms with Gasteiger partial charge in [-0.25, -0.2) is 4.99 Å². The van der Waals surface area contributed by atoms with Crippen LogP contribution < -0.4 is 9.47 Å². The highest BCUT2D eigenvalue weighted by Crippen LogP contribution is 2.30. The van der Waals surface area contributed by atoms with E-state index in [0.717, 1.165) is 22.4 Å². The molecule has 0 fully saturated rings. The Morgan fingerprint density at radius 1 is 0.828 bits per heavy atom. The number of rotatable bonds is 7. The molecule has 4 nitrogen and oxygen atoms in total. The molecule has 0 N–H and O–H groups in total. The Morgan fingerprint density at radius 3 is 2.03 bits per heavy atom. The highest BCUT2D eigenvalue weighted by atomic mass is 16.5. The van der Waals surface area contributed by atoms with Crippen LogP contribution in [0.15, 0.2) is 83.9 Å². The fourth-order valence-corrected chi connectivity index (χ4v) is 3.09. The smallest absolute Gasteiger partial charge is 0.220 e. The van der Waals surface area contributed by atoms with Crippen molar-refractivity contribution in [1.29, 1.82) is 0 Å². The lowest BCUT2D eigenvalue weighted by atomic mass is 10.1. The summed E-state index contributed by atoms with van der Waals surface area (Å²) in [6, 6.07) is 26.0. The van der Waals surface area contributed by atoms with Crippen LogP contribution in [0.3, 0.4) is 0 Å². The summed E-state index contributed by atoms with van der Waals surface area (Å²) in [6.45, 7) is 5.64. The van der Waals surface area contributed by atoms with Gasteiger partial charge >= 0.3 is 0 Å². The Kier molecular flexibility index (Phi) is 5.52. The van der Waals surface area contributed by atoms with Gasteiger partial charge in [0.2, 0.25) is 5.90 Å². The van der Waals surface area contributed by atoms with Gasteiger partial charge < -0.3 is 14.2 Å². The number of aliphatic imine (C=N–C) groups is 1. The third kappa shape index (κ3) is 4.96. The summed E-state index contributed by atoms with van der Waals surface area (Å²) in [5.41, 5.74) is 2.84. The third-order valence-corrected chi connectivity index (χ3v) is 4.64. The van der Waals surface area contributed by atoms with E-state index in [9.17, 15) is 0 Å². The molecule has 0 saturated carbocycles. The monoisotopic (exact) mass is 387 g/mol. The normalized spacial score (nSPS) is 14.8. The van der Waals surface area contributed by atoms with Crippen LogP contribution in [0.4, 0.5) is 0 Å². The minimum atomic E-state index is -0.228. The zero-order valence-corrected chi connectivity index (χ0v) is 16.8. The van der Waals surface area contributed by atoms with Crippen LogP contribution in [0.1, 0.15) is 30.5 Å². The summed E-state index contributed by atoms with van der Waals surface area (Å²) >= 11 is 0. The maximum atomic E-state index is 6.16. The summed E-state index contributed by atoms with van der Waals surface area (Å²) < 4.78 is 18.0. The molecule has 4 heteroatoms. The van der Waals surface area contributed by atoms with Crippen LogP contribution in [-0.2, 0) is 18.0 Å². The summed E-state index contributed by atoms with van der Waals surface area (Å²) in [5, 5.41) is 0. The number of ether oxygens (including phenoxy) is 3. The molecule has 3 aromatic rings. The first-order valence-electron chi connectivity index (χ1n) is 9.80. The molecule has 0 aromatic heterocycles. The van der Waals surface area contributed by atoms with E-state index < -0.39 is 0 Å². The van der Waals surface area contributed by atoms with Crippen molar-refractivity contribution in [3.63, 3.8) is 0 Å². The van der Waals surface area contributed by atoms with Gasteiger partial charge in [-0.2, -0.15) is 0 Å². The van der Waals surface area contributed by atoms with Crippen LogP contribution in [-0.4, -0.2) is 18.0 Å². The average molecular weight is 387 g/mol. The Morgan fingerprint density at radius 2 is 1.45 bits per heavy atom. The van der Waals surface area contributed by atoms with Crippen molar-refractivity contribution in [2.24, 2.45) is 4.99 Å². The molecular formula is C25H25NO3. The van der Waals surface area contributed by atoms with E-state index in [0.29, 0.717) is 31.5 Å². The van der Waals surface area contributed by atoms with Crippen molar-refractivity contribution in [2.45, 2.75) is 32.6 Å². The van der Waals surface area contributed by atoms with Crippen LogP contribution in [0, 0.1) is 0 Å². The second-order valence-electron chi connectivity index (χ2n) is 7.72. The van der Waals surface area contributed by atoms with Gasteiger partial charge in [-0.15, -0.1) is 0 Å². The minimum Gasteiger partial charge on any atom is -0.489 e. The highest BCUT2D eigenvalue weighted by Gasteiger charge is 2.28. The zero-order valence-electron chi connectivity index (χ0n) is 16.8. The fourth-order valence-electron chi connectivity index (χ4n) is 3.09. The van der Waals surface area contributed by atoms with Gasteiger partial charge in [-0.3, -0.25) is 0 Å². The molecule has 0 saturated heterocycles. The lowest BCUT2D eigenvalue weighted by molar-refractivity contribution is 0.274. The molecule has 3 aromatic carbocycles. The first-order valence-corrected chi connectivity index (χ1v) is 9.80. The summed E-state index contributed by atoms with van der Waals surface area (Å²) in [4.78, 5) is 4.70. The molecule has 1 heterocycles. The molecule has 29 heavy (non-hydrogen) atoms. The second kappa shape index (κ2) is 8.39. The molecule has 0 amide bonds. The topological polar surface area (TPSA) is 40.0 Å². The van der Waals surface area contributed by atoms with E-state index in [-0.39, 0.29) is 5.54 Å². The standard InChI is InChI=1S/C25H25NO3/c1-25(2)18-29-24(26-25)22-14-13-21(27-16-19-9-5-3-6-10-19)15-23(22)28-17-20-11-7-4-8-12-20/h3-15H,16-18H2,1-2H3. The van der Waals surface area contributed by atoms with E-state index in [1.165, 1.54) is 0 Å². The van der Waals surface area contributed by atoms with E-state index in [1.807, 2.05) is 78.9 Å². The van der Waals surface area contributed by atoms with Crippen LogP contribution in [0.2, 0.25) is 0 Å². The Balaban J connectivity index is 1.57. The molecule has 4 rings (SSSR count). The zero-order chi connectivity index (χ0) is 20.1. The lowest BCUT2D eigenvalue weighted by Crippen LogP contribution is -2.17. The summed E-state index contributed by atoms with van der Waals surface area (Å²) in [5.74, 6) is 2.07. The molecule has 0 unspecified atom stereocenters. The number of hydrogen-bond donors (Lipinski definition) is 0. The van der Waals surface area contributed by atoms with E-state index in [4.69, 9.17) is 19.2 Å². The SMILES string of the molecule is CC1(C)COC(c2ccc(OCc3ccccc3)cc2OCc2ccccc2)=N1. The average Bonchev–Trinajstić information content (AvgIpc) is 3.12. The maximum Gasteiger partial charge on any atom is 0.220 e. The van der Waals surface area contributed by atoms with Gasteiger partial charge in [0.05, 0.1) is 11.1 Å². The number of nitrogens with zero attached hydrogens (tertiary/aromatic N) is 1. The first-order chi connectivity index (χ1) is 14.1. The first kappa shape index (κ1) is 19.1. The third-order valence-electron chi connectivity index (χ3n) is 4.64. The van der Waals surface area contributed by atoms with Crippen LogP contribution in [0.5, 0.6) is 11.5 Å². The molecular weight excluding hydrogens is 362 g/mol. The summed E-state index contributed by atoms with van der Waals surface area (Å²) in [7, 11) is 0. The van der Waals surface area contributed by atoms with Gasteiger partial charge in [0, 0.05) is 6.07 Å². The highest BCUT2D eigenvalue weighted by molar-refractivity contribution is 5.98. The molecule has 0 aliphatic carbocycles. The molecule has 0 bridgehead atoms. The largest absolute Gasteiger partial charge is 0.489 e. The molecule has 0 radical (unpaired) electrons. The molecule has 1 aliphatic rings. The van der Waals surface area contributed by atoms with Crippen molar-refractivity contribution in [1.82, 2.24) is 0 Å². The Labute approximate surface area is 171 Å². The Bertz CT molecular complexity index is 981. The van der Waals surface area contributed by atoms with Gasteiger partial charge in [-0.05, 0) is 37.1 Å². The van der Waals surface area contributed by atoms with E-state index in [1.54, 1.807) is 0 Å². The number of benzene rings is 3. The van der Waals surface area contributed by atoms with Crippen molar-refractivity contribution in [3.05, 3.63) is 95.6 Å². The fraction of sp³-hybridized carbons (Fsp3) is 0.240. The van der Waals surface area contributed by atoms with Gasteiger partial charge in [0.25, 0.3) is 0 Å². The van der Waals surface area contributed by atoms with E-state index >= 15 is 0 Å². The van der Waals surface area contributed by atoms with Crippen molar-refractivity contribution in [3.8, 4) is 11.5 Å². The maximum absolute atomic E-state index is 6.16. The predicted octanol–water partition coefficient (Wildman–Crippen LogP) is 5.40. The minimum absolute atomic E-state index is 0.228. The Hall–Kier alpha value is -3.27. The lowest BCUT2D eigenvalue weighted by Gasteiger charge is -2.14. The predicted molar refractivity (Wildman–Crippen MR) is 115 cm³/mol. The van der Waals surface area contributed by atoms with Crippen molar-refractivity contribution >= 4 is 5.90 Å². The van der Waals surface area contributed by atoms with Crippen LogP contribution in [0.25, 0.3) is 0 Å². The van der Waals surface area contributed by atoms with Crippen molar-refractivity contribution < 1.29 is 14.2 Å².